The summed E-state index contributed by atoms with van der Waals surface area (Å²) in [5.41, 5.74) is 5.38. The molecular weight excluding hydrogens is 178 g/mol. The van der Waals surface area contributed by atoms with Crippen LogP contribution in [-0.2, 0) is 0 Å². The highest BCUT2D eigenvalue weighted by Crippen LogP contribution is 2.26. The Morgan fingerprint density at radius 1 is 1.71 bits per heavy atom. The standard InChI is InChI=1S/C10H21N3O/c1-7-3-4-13(9(7)6-14)8(2)5-10(11)12/h7-9,14H,3-6H2,1-2H3,(H3,11,12). The molecule has 4 N–H and O–H groups in total. The van der Waals surface area contributed by atoms with Gasteiger partial charge in [0.2, 0.25) is 0 Å². The lowest BCUT2D eigenvalue weighted by atomic mass is 10.0. The molecule has 4 heteroatoms. The van der Waals surface area contributed by atoms with E-state index in [0.29, 0.717) is 12.3 Å². The van der Waals surface area contributed by atoms with Gasteiger partial charge in [0.05, 0.1) is 12.4 Å². The molecule has 14 heavy (non-hydrogen) atoms. The van der Waals surface area contributed by atoms with Crippen LogP contribution in [0.1, 0.15) is 26.7 Å². The average Bonchev–Trinajstić information content (AvgIpc) is 2.45. The van der Waals surface area contributed by atoms with Crippen molar-refractivity contribution in [3.63, 3.8) is 0 Å². The van der Waals surface area contributed by atoms with E-state index in [-0.39, 0.29) is 24.5 Å². The fraction of sp³-hybridized carbons (Fsp3) is 0.900. The molecule has 3 unspecified atom stereocenters. The molecule has 1 fully saturated rings. The summed E-state index contributed by atoms with van der Waals surface area (Å²) in [6.07, 6.45) is 1.73. The molecule has 3 atom stereocenters. The normalized spacial score (nSPS) is 30.5. The summed E-state index contributed by atoms with van der Waals surface area (Å²) in [6.45, 7) is 5.47. The van der Waals surface area contributed by atoms with E-state index in [1.54, 1.807) is 0 Å². The average molecular weight is 199 g/mol. The summed E-state index contributed by atoms with van der Waals surface area (Å²) in [4.78, 5) is 2.27. The van der Waals surface area contributed by atoms with Crippen LogP contribution in [0.4, 0.5) is 0 Å². The second-order valence-electron chi connectivity index (χ2n) is 4.33. The number of aliphatic hydroxyl groups excluding tert-OH is 1. The van der Waals surface area contributed by atoms with Crippen LogP contribution in [-0.4, -0.2) is 41.1 Å². The first-order valence-electron chi connectivity index (χ1n) is 5.25. The van der Waals surface area contributed by atoms with Crippen molar-refractivity contribution in [2.75, 3.05) is 13.2 Å². The molecule has 0 spiro atoms. The first-order valence-corrected chi connectivity index (χ1v) is 5.25. The van der Waals surface area contributed by atoms with Crippen LogP contribution in [0.5, 0.6) is 0 Å². The predicted octanol–water partition coefficient (Wildman–Crippen LogP) is 0.404. The number of nitrogens with zero attached hydrogens (tertiary/aromatic N) is 1. The molecule has 1 heterocycles. The van der Waals surface area contributed by atoms with Gasteiger partial charge in [-0.25, -0.2) is 0 Å². The highest BCUT2D eigenvalue weighted by molar-refractivity contribution is 5.77. The fourth-order valence-electron chi connectivity index (χ4n) is 2.31. The molecule has 1 rings (SSSR count). The number of hydrogen-bond acceptors (Lipinski definition) is 3. The summed E-state index contributed by atoms with van der Waals surface area (Å²) in [6, 6.07) is 0.527. The Morgan fingerprint density at radius 2 is 2.36 bits per heavy atom. The zero-order chi connectivity index (χ0) is 10.7. The van der Waals surface area contributed by atoms with Gasteiger partial charge in [0.25, 0.3) is 0 Å². The molecule has 1 saturated heterocycles. The molecule has 1 aliphatic rings. The van der Waals surface area contributed by atoms with E-state index >= 15 is 0 Å². The second kappa shape index (κ2) is 4.75. The van der Waals surface area contributed by atoms with Gasteiger partial charge in [-0.2, -0.15) is 0 Å². The zero-order valence-electron chi connectivity index (χ0n) is 9.03. The Balaban J connectivity index is 2.54. The smallest absolute Gasteiger partial charge is 0.0920 e. The molecule has 0 bridgehead atoms. The molecule has 82 valence electrons. The molecule has 4 nitrogen and oxygen atoms in total. The number of nitrogens with one attached hydrogen (secondary N) is 1. The summed E-state index contributed by atoms with van der Waals surface area (Å²) in [7, 11) is 0. The van der Waals surface area contributed by atoms with Crippen LogP contribution in [0, 0.1) is 11.3 Å². The number of likely N-dealkylation sites (tertiary alicyclic amines) is 1. The van der Waals surface area contributed by atoms with Gasteiger partial charge in [-0.3, -0.25) is 10.3 Å². The number of amidine groups is 1. The Hall–Kier alpha value is -0.610. The number of aliphatic hydroxyl groups is 1. The third-order valence-corrected chi connectivity index (χ3v) is 3.19. The van der Waals surface area contributed by atoms with E-state index in [2.05, 4.69) is 18.7 Å². The molecule has 0 aromatic carbocycles. The van der Waals surface area contributed by atoms with Crippen LogP contribution < -0.4 is 5.73 Å². The summed E-state index contributed by atoms with van der Waals surface area (Å²) < 4.78 is 0. The maximum absolute atomic E-state index is 9.26. The Morgan fingerprint density at radius 3 is 2.86 bits per heavy atom. The van der Waals surface area contributed by atoms with Gasteiger partial charge in [-0.1, -0.05) is 6.92 Å². The quantitative estimate of drug-likeness (QED) is 0.453. The third-order valence-electron chi connectivity index (χ3n) is 3.19. The van der Waals surface area contributed by atoms with Crippen molar-refractivity contribution < 1.29 is 5.11 Å². The van der Waals surface area contributed by atoms with E-state index in [4.69, 9.17) is 11.1 Å². The summed E-state index contributed by atoms with van der Waals surface area (Å²) in [5.74, 6) is 0.781. The predicted molar refractivity (Wildman–Crippen MR) is 57.4 cm³/mol. The molecule has 0 amide bonds. The minimum Gasteiger partial charge on any atom is -0.395 e. The van der Waals surface area contributed by atoms with Crippen LogP contribution in [0.15, 0.2) is 0 Å². The molecule has 0 radical (unpaired) electrons. The minimum atomic E-state index is 0.212. The van der Waals surface area contributed by atoms with Gasteiger partial charge in [-0.15, -0.1) is 0 Å². The van der Waals surface area contributed by atoms with E-state index in [0.717, 1.165) is 13.0 Å². The van der Waals surface area contributed by atoms with Crippen molar-refractivity contribution in [3.05, 3.63) is 0 Å². The van der Waals surface area contributed by atoms with Crippen LogP contribution in [0.2, 0.25) is 0 Å². The number of hydrogen-bond donors (Lipinski definition) is 3. The lowest BCUT2D eigenvalue weighted by Crippen LogP contribution is -2.42. The Labute approximate surface area is 85.6 Å². The van der Waals surface area contributed by atoms with Crippen molar-refractivity contribution >= 4 is 5.84 Å². The van der Waals surface area contributed by atoms with Gasteiger partial charge < -0.3 is 10.8 Å². The molecule has 0 aromatic heterocycles. The maximum atomic E-state index is 9.26. The largest absolute Gasteiger partial charge is 0.395 e. The van der Waals surface area contributed by atoms with Crippen molar-refractivity contribution in [1.29, 1.82) is 5.41 Å². The maximum Gasteiger partial charge on any atom is 0.0920 e. The van der Waals surface area contributed by atoms with Gasteiger partial charge in [0, 0.05) is 18.5 Å². The van der Waals surface area contributed by atoms with Gasteiger partial charge in [0.1, 0.15) is 0 Å². The lowest BCUT2D eigenvalue weighted by molar-refractivity contribution is 0.111. The van der Waals surface area contributed by atoms with Crippen molar-refractivity contribution in [2.45, 2.75) is 38.8 Å². The monoisotopic (exact) mass is 199 g/mol. The Kier molecular flexibility index (Phi) is 3.89. The molecule has 0 saturated carbocycles. The van der Waals surface area contributed by atoms with Crippen molar-refractivity contribution in [1.82, 2.24) is 4.90 Å². The van der Waals surface area contributed by atoms with Crippen LogP contribution in [0.3, 0.4) is 0 Å². The first kappa shape index (κ1) is 11.5. The molecule has 0 aromatic rings. The van der Waals surface area contributed by atoms with Gasteiger partial charge >= 0.3 is 0 Å². The Bertz CT molecular complexity index is 208. The minimum absolute atomic E-state index is 0.212. The van der Waals surface area contributed by atoms with Gasteiger partial charge in [0.15, 0.2) is 0 Å². The van der Waals surface area contributed by atoms with Crippen LogP contribution >= 0.6 is 0 Å². The highest BCUT2D eigenvalue weighted by atomic mass is 16.3. The van der Waals surface area contributed by atoms with Crippen LogP contribution in [0.25, 0.3) is 0 Å². The summed E-state index contributed by atoms with van der Waals surface area (Å²) >= 11 is 0. The number of nitrogens with two attached hydrogens (primary N) is 1. The fourth-order valence-corrected chi connectivity index (χ4v) is 2.31. The van der Waals surface area contributed by atoms with E-state index < -0.39 is 0 Å². The topological polar surface area (TPSA) is 73.3 Å². The summed E-state index contributed by atoms with van der Waals surface area (Å²) in [5, 5.41) is 16.5. The third kappa shape index (κ3) is 2.45. The molecule has 0 aliphatic carbocycles. The van der Waals surface area contributed by atoms with E-state index in [9.17, 15) is 5.11 Å². The van der Waals surface area contributed by atoms with Crippen molar-refractivity contribution in [3.8, 4) is 0 Å². The molecule has 1 aliphatic heterocycles. The second-order valence-corrected chi connectivity index (χ2v) is 4.33. The van der Waals surface area contributed by atoms with Crippen molar-refractivity contribution in [2.24, 2.45) is 11.7 Å². The van der Waals surface area contributed by atoms with Gasteiger partial charge in [-0.05, 0) is 25.8 Å². The zero-order valence-corrected chi connectivity index (χ0v) is 9.03. The SMILES string of the molecule is CC1CCN(C(C)CC(=N)N)C1CO. The van der Waals surface area contributed by atoms with E-state index in [1.807, 2.05) is 0 Å². The molecular formula is C10H21N3O. The first-order chi connectivity index (χ1) is 6.56. The highest BCUT2D eigenvalue weighted by Gasteiger charge is 2.33. The van der Waals surface area contributed by atoms with E-state index in [1.165, 1.54) is 0 Å². The lowest BCUT2D eigenvalue weighted by Gasteiger charge is -2.30. The number of rotatable bonds is 4.